The van der Waals surface area contributed by atoms with Gasteiger partial charge >= 0.3 is 0 Å². The molecule has 2 fully saturated rings. The van der Waals surface area contributed by atoms with Gasteiger partial charge < -0.3 is 19.7 Å². The van der Waals surface area contributed by atoms with Gasteiger partial charge in [0, 0.05) is 33.2 Å². The molecular formula is C23H31IN4O2. The van der Waals surface area contributed by atoms with Crippen LogP contribution in [-0.2, 0) is 11.3 Å². The molecule has 2 aromatic rings. The maximum atomic E-state index is 6.09. The zero-order valence-electron chi connectivity index (χ0n) is 17.4. The summed E-state index contributed by atoms with van der Waals surface area (Å²) in [5.74, 6) is 1.81. The van der Waals surface area contributed by atoms with Gasteiger partial charge in [-0.3, -0.25) is 9.89 Å². The van der Waals surface area contributed by atoms with E-state index in [9.17, 15) is 0 Å². The summed E-state index contributed by atoms with van der Waals surface area (Å²) in [5, 5.41) is 3.43. The number of fused-ring (bicyclic) bond motifs is 1. The number of rotatable bonds is 6. The number of hydrogen-bond acceptors (Lipinski definition) is 4. The molecular weight excluding hydrogens is 491 g/mol. The minimum Gasteiger partial charge on any atom is -0.492 e. The number of morpholine rings is 1. The Bertz CT molecular complexity index is 790. The van der Waals surface area contributed by atoms with Crippen molar-refractivity contribution in [2.45, 2.75) is 18.7 Å². The predicted molar refractivity (Wildman–Crippen MR) is 131 cm³/mol. The highest BCUT2D eigenvalue weighted by atomic mass is 127. The monoisotopic (exact) mass is 522 g/mol. The average Bonchev–Trinajstić information content (AvgIpc) is 3.20. The Balaban J connectivity index is 0.00000256. The maximum absolute atomic E-state index is 6.09. The first-order valence-electron chi connectivity index (χ1n) is 10.4. The summed E-state index contributed by atoms with van der Waals surface area (Å²) in [7, 11) is 1.84. The smallest absolute Gasteiger partial charge is 0.193 e. The van der Waals surface area contributed by atoms with E-state index in [4.69, 9.17) is 9.47 Å². The molecule has 0 aliphatic carbocycles. The van der Waals surface area contributed by atoms with E-state index < -0.39 is 0 Å². The van der Waals surface area contributed by atoms with Crippen LogP contribution in [0.4, 0.5) is 0 Å². The molecule has 2 saturated heterocycles. The molecule has 2 atom stereocenters. The number of ether oxygens (including phenoxy) is 2. The van der Waals surface area contributed by atoms with Crippen LogP contribution in [-0.4, -0.2) is 74.3 Å². The van der Waals surface area contributed by atoms with Crippen LogP contribution >= 0.6 is 24.0 Å². The second-order valence-corrected chi connectivity index (χ2v) is 7.47. The van der Waals surface area contributed by atoms with Crippen LogP contribution in [0.5, 0.6) is 5.75 Å². The summed E-state index contributed by atoms with van der Waals surface area (Å²) in [6.07, 6.45) is 0.228. The molecule has 2 heterocycles. The third-order valence-electron chi connectivity index (χ3n) is 5.55. The number of likely N-dealkylation sites (tertiary alicyclic amines) is 1. The Morgan fingerprint density at radius 3 is 2.57 bits per heavy atom. The molecule has 0 radical (unpaired) electrons. The van der Waals surface area contributed by atoms with Crippen molar-refractivity contribution in [3.63, 3.8) is 0 Å². The van der Waals surface area contributed by atoms with Crippen LogP contribution in [0.25, 0.3) is 0 Å². The summed E-state index contributed by atoms with van der Waals surface area (Å²) < 4.78 is 11.9. The second kappa shape index (κ2) is 11.5. The van der Waals surface area contributed by atoms with E-state index in [0.29, 0.717) is 19.2 Å². The molecule has 2 aliphatic rings. The molecule has 0 saturated carbocycles. The van der Waals surface area contributed by atoms with Gasteiger partial charge in [0.15, 0.2) is 5.96 Å². The molecule has 0 bridgehead atoms. The van der Waals surface area contributed by atoms with Crippen molar-refractivity contribution in [1.29, 1.82) is 0 Å². The van der Waals surface area contributed by atoms with E-state index in [-0.39, 0.29) is 30.1 Å². The molecule has 4 rings (SSSR count). The number of halogens is 1. The summed E-state index contributed by atoms with van der Waals surface area (Å²) in [4.78, 5) is 9.34. The molecule has 0 aromatic heterocycles. The standard InChI is InChI=1S/C23H30N4O2.HI/c1-24-23(25-12-14-28-20-10-6-3-7-11-20)27-17-21-22(18-27)29-15-13-26(21)16-19-8-4-2-5-9-19;/h2-11,21-22H,12-18H2,1H3,(H,24,25);1H. The van der Waals surface area contributed by atoms with Crippen molar-refractivity contribution in [3.8, 4) is 5.75 Å². The van der Waals surface area contributed by atoms with Crippen molar-refractivity contribution in [3.05, 3.63) is 66.2 Å². The van der Waals surface area contributed by atoms with Crippen LogP contribution in [0.1, 0.15) is 5.56 Å². The summed E-state index contributed by atoms with van der Waals surface area (Å²) in [6, 6.07) is 21.0. The fourth-order valence-corrected chi connectivity index (χ4v) is 4.13. The van der Waals surface area contributed by atoms with Crippen LogP contribution < -0.4 is 10.1 Å². The number of nitrogens with one attached hydrogen (secondary N) is 1. The average molecular weight is 522 g/mol. The minimum atomic E-state index is 0. The van der Waals surface area contributed by atoms with E-state index >= 15 is 0 Å². The topological polar surface area (TPSA) is 49.3 Å². The SMILES string of the molecule is CN=C(NCCOc1ccccc1)N1CC2OCCN(Cc3ccccc3)C2C1.I. The number of para-hydroxylation sites is 1. The Hall–Kier alpha value is -1.84. The third kappa shape index (κ3) is 5.86. The van der Waals surface area contributed by atoms with Gasteiger partial charge in [-0.15, -0.1) is 24.0 Å². The normalized spacial score (nSPS) is 21.6. The third-order valence-corrected chi connectivity index (χ3v) is 5.55. The second-order valence-electron chi connectivity index (χ2n) is 7.47. The molecule has 0 amide bonds. The highest BCUT2D eigenvalue weighted by Crippen LogP contribution is 2.24. The number of hydrogen-bond donors (Lipinski definition) is 1. The number of nitrogens with zero attached hydrogens (tertiary/aromatic N) is 3. The Morgan fingerprint density at radius 2 is 1.83 bits per heavy atom. The van der Waals surface area contributed by atoms with Gasteiger partial charge in [0.25, 0.3) is 0 Å². The van der Waals surface area contributed by atoms with Crippen molar-refractivity contribution < 1.29 is 9.47 Å². The largest absolute Gasteiger partial charge is 0.492 e. The van der Waals surface area contributed by atoms with Crippen LogP contribution in [0.15, 0.2) is 65.7 Å². The van der Waals surface area contributed by atoms with Gasteiger partial charge in [0.2, 0.25) is 0 Å². The zero-order valence-corrected chi connectivity index (χ0v) is 19.8. The van der Waals surface area contributed by atoms with Crippen molar-refractivity contribution in [1.82, 2.24) is 15.1 Å². The Labute approximate surface area is 196 Å². The lowest BCUT2D eigenvalue weighted by molar-refractivity contribution is -0.0502. The molecule has 2 unspecified atom stereocenters. The highest BCUT2D eigenvalue weighted by molar-refractivity contribution is 14.0. The van der Waals surface area contributed by atoms with E-state index in [1.807, 2.05) is 37.4 Å². The van der Waals surface area contributed by atoms with Gasteiger partial charge in [-0.05, 0) is 17.7 Å². The lowest BCUT2D eigenvalue weighted by atomic mass is 10.1. The van der Waals surface area contributed by atoms with Gasteiger partial charge in [-0.1, -0.05) is 48.5 Å². The van der Waals surface area contributed by atoms with Gasteiger partial charge in [-0.2, -0.15) is 0 Å². The first kappa shape index (κ1) is 22.8. The number of aliphatic imine (C=N–C) groups is 1. The minimum absolute atomic E-state index is 0. The van der Waals surface area contributed by atoms with Gasteiger partial charge in [0.05, 0.1) is 25.3 Å². The lowest BCUT2D eigenvalue weighted by Crippen LogP contribution is -2.50. The molecule has 30 heavy (non-hydrogen) atoms. The van der Waals surface area contributed by atoms with Crippen LogP contribution in [0, 0.1) is 0 Å². The molecule has 162 valence electrons. The van der Waals surface area contributed by atoms with Gasteiger partial charge in [0.1, 0.15) is 12.4 Å². The van der Waals surface area contributed by atoms with E-state index in [2.05, 4.69) is 50.4 Å². The van der Waals surface area contributed by atoms with Crippen LogP contribution in [0.3, 0.4) is 0 Å². The fraction of sp³-hybridized carbons (Fsp3) is 0.435. The molecule has 6 nitrogen and oxygen atoms in total. The van der Waals surface area contributed by atoms with Crippen LogP contribution in [0.2, 0.25) is 0 Å². The lowest BCUT2D eigenvalue weighted by Gasteiger charge is -2.36. The Morgan fingerprint density at radius 1 is 1.10 bits per heavy atom. The predicted octanol–water partition coefficient (Wildman–Crippen LogP) is 2.84. The molecule has 7 heteroatoms. The highest BCUT2D eigenvalue weighted by Gasteiger charge is 2.41. The Kier molecular flexibility index (Phi) is 8.77. The quantitative estimate of drug-likeness (QED) is 0.274. The summed E-state index contributed by atoms with van der Waals surface area (Å²) >= 11 is 0. The van der Waals surface area contributed by atoms with Crippen molar-refractivity contribution in [2.75, 3.05) is 46.4 Å². The zero-order chi connectivity index (χ0) is 19.9. The fourth-order valence-electron chi connectivity index (χ4n) is 4.13. The van der Waals surface area contributed by atoms with E-state index in [1.165, 1.54) is 5.56 Å². The maximum Gasteiger partial charge on any atom is 0.193 e. The van der Waals surface area contributed by atoms with Crippen molar-refractivity contribution >= 4 is 29.9 Å². The first-order chi connectivity index (χ1) is 14.3. The molecule has 2 aliphatic heterocycles. The van der Waals surface area contributed by atoms with Crippen molar-refractivity contribution in [2.24, 2.45) is 4.99 Å². The first-order valence-corrected chi connectivity index (χ1v) is 10.4. The summed E-state index contributed by atoms with van der Waals surface area (Å²) in [6.45, 7) is 5.84. The molecule has 1 N–H and O–H groups in total. The number of benzene rings is 2. The van der Waals surface area contributed by atoms with Gasteiger partial charge in [-0.25, -0.2) is 0 Å². The summed E-state index contributed by atoms with van der Waals surface area (Å²) in [5.41, 5.74) is 1.35. The van der Waals surface area contributed by atoms with E-state index in [0.717, 1.165) is 44.5 Å². The van der Waals surface area contributed by atoms with E-state index in [1.54, 1.807) is 0 Å². The molecule has 2 aromatic carbocycles. The molecule has 0 spiro atoms. The number of guanidine groups is 1.